The average molecular weight is 810 g/mol. The molecule has 0 spiro atoms. The van der Waals surface area contributed by atoms with Crippen molar-refractivity contribution in [2.45, 2.75) is 28.5 Å². The molecule has 55 heavy (non-hydrogen) atoms. The highest BCUT2D eigenvalue weighted by Gasteiger charge is 2.77. The normalized spacial score (nSPS) is 27.2. The highest BCUT2D eigenvalue weighted by Crippen LogP contribution is 2.66. The summed E-state index contributed by atoms with van der Waals surface area (Å²) in [5, 5.41) is 34.2. The van der Waals surface area contributed by atoms with Gasteiger partial charge in [0.05, 0.1) is 27.4 Å². The molecule has 4 aliphatic rings. The Morgan fingerprint density at radius 2 is 1.33 bits per heavy atom. The quantitative estimate of drug-likeness (QED) is 0.0471. The van der Waals surface area contributed by atoms with Crippen molar-refractivity contribution in [2.24, 2.45) is 17.8 Å². The molecule has 21 heteroatoms. The van der Waals surface area contributed by atoms with Crippen molar-refractivity contribution in [3.05, 3.63) is 103 Å². The van der Waals surface area contributed by atoms with Crippen molar-refractivity contribution in [3.63, 3.8) is 0 Å². The lowest BCUT2D eigenvalue weighted by Gasteiger charge is -2.50. The Hall–Kier alpha value is -5.69. The van der Waals surface area contributed by atoms with Gasteiger partial charge in [0.25, 0.3) is 11.8 Å². The monoisotopic (exact) mass is 809 g/mol. The third-order valence-corrected chi connectivity index (χ3v) is 12.0. The molecule has 14 nitrogen and oxygen atoms in total. The summed E-state index contributed by atoms with van der Waals surface area (Å²) in [6.45, 7) is 0. The number of halogens is 7. The zero-order valence-corrected chi connectivity index (χ0v) is 29.4. The summed E-state index contributed by atoms with van der Waals surface area (Å²) in [6.07, 6.45) is 0.318. The van der Waals surface area contributed by atoms with Gasteiger partial charge in [0.15, 0.2) is 38.7 Å². The van der Waals surface area contributed by atoms with Crippen LogP contribution < -0.4 is 14.7 Å². The minimum Gasteiger partial charge on any atom is -0.508 e. The maximum atomic E-state index is 15.2. The van der Waals surface area contributed by atoms with Gasteiger partial charge in [-0.05, 0) is 36.5 Å². The van der Waals surface area contributed by atoms with Gasteiger partial charge in [0.1, 0.15) is 11.4 Å². The van der Waals surface area contributed by atoms with E-state index in [4.69, 9.17) is 23.2 Å². The van der Waals surface area contributed by atoms with Crippen LogP contribution >= 0.6 is 23.2 Å². The highest BCUT2D eigenvalue weighted by atomic mass is 35.5. The molecule has 0 aromatic heterocycles. The second-order valence-corrected chi connectivity index (χ2v) is 14.8. The number of anilines is 3. The lowest BCUT2D eigenvalue weighted by molar-refractivity contribution is -0.392. The van der Waals surface area contributed by atoms with Gasteiger partial charge in [-0.3, -0.25) is 39.4 Å². The number of carbonyl (C=O) groups excluding carboxylic acids is 4. The molecule has 286 valence electrons. The molecule has 1 saturated carbocycles. The number of nitro groups is 2. The van der Waals surface area contributed by atoms with Gasteiger partial charge >= 0.3 is 11.4 Å². The van der Waals surface area contributed by atoms with Crippen LogP contribution in [0.3, 0.4) is 0 Å². The molecule has 1 N–H and O–H groups in total. The van der Waals surface area contributed by atoms with E-state index in [1.165, 1.54) is 32.3 Å². The number of aromatic hydroxyl groups is 1. The fraction of sp³-hybridized carbons (Fsp3) is 0.294. The molecular weight excluding hydrogens is 788 g/mol. The summed E-state index contributed by atoms with van der Waals surface area (Å²) in [4.78, 5) is 74.9. The van der Waals surface area contributed by atoms with Gasteiger partial charge in [-0.25, -0.2) is 31.8 Å². The van der Waals surface area contributed by atoms with Crippen LogP contribution in [0.4, 0.5) is 50.4 Å². The van der Waals surface area contributed by atoms with Gasteiger partial charge in [-0.1, -0.05) is 23.8 Å². The zero-order valence-electron chi connectivity index (χ0n) is 27.9. The van der Waals surface area contributed by atoms with Crippen molar-refractivity contribution >= 4 is 75.3 Å². The van der Waals surface area contributed by atoms with Crippen LogP contribution in [-0.2, 0) is 19.2 Å². The maximum absolute atomic E-state index is 15.2. The predicted molar refractivity (Wildman–Crippen MR) is 181 cm³/mol. The van der Waals surface area contributed by atoms with E-state index in [9.17, 15) is 57.7 Å². The van der Waals surface area contributed by atoms with E-state index in [1.807, 2.05) is 0 Å². The van der Waals surface area contributed by atoms with Crippen LogP contribution in [0.25, 0.3) is 0 Å². The second-order valence-electron chi connectivity index (χ2n) is 13.5. The number of fused-ring (bicyclic) bond motifs is 4. The van der Waals surface area contributed by atoms with Gasteiger partial charge in [0, 0.05) is 32.1 Å². The van der Waals surface area contributed by atoms with Crippen molar-refractivity contribution < 1.29 is 56.1 Å². The first kappa shape index (κ1) is 37.6. The van der Waals surface area contributed by atoms with E-state index in [0.29, 0.717) is 4.90 Å². The lowest BCUT2D eigenvalue weighted by Crippen LogP contribution is -2.60. The molecule has 6 unspecified atom stereocenters. The first-order chi connectivity index (χ1) is 25.7. The number of imide groups is 2. The largest absolute Gasteiger partial charge is 0.508 e. The van der Waals surface area contributed by atoms with Crippen LogP contribution in [0.5, 0.6) is 5.75 Å². The molecule has 0 bridgehead atoms. The van der Waals surface area contributed by atoms with E-state index in [0.717, 1.165) is 29.2 Å². The number of carbonyl (C=O) groups is 4. The SMILES string of the molecule is CN(C)c1c([N+](=O)[O-])cc(N2C(=O)C3CC=C4C(CC5(Cl)C(=O)N(c6c(F)c(F)c(F)c(F)c6F)C(=O)C5(Cl)C4c4ccc(O)cc4)C3C2=O)cc1[N+](=O)[O-]. The summed E-state index contributed by atoms with van der Waals surface area (Å²) < 4.78 is 73.4. The molecule has 6 atom stereocenters. The van der Waals surface area contributed by atoms with Gasteiger partial charge in [-0.2, -0.15) is 0 Å². The Bertz CT molecular complexity index is 2300. The van der Waals surface area contributed by atoms with Gasteiger partial charge in [0.2, 0.25) is 17.6 Å². The Labute approximate surface area is 314 Å². The standard InChI is InChI=1S/C34H22Cl2F5N5O9/c1-42(2)27-18(45(52)53)9-13(10-19(27)46(54)55)43-29(48)16-8-7-15-17(20(16)30(43)49)11-33(35)31(50)44(28-25(40)23(38)22(37)24(39)26(28)41)32(51)34(33,36)21(15)12-3-5-14(47)6-4-12/h3-7,9-10,16-17,20-21,47H,8,11H2,1-2H3. The Morgan fingerprint density at radius 3 is 1.84 bits per heavy atom. The Balaban J connectivity index is 1.41. The number of rotatable bonds is 6. The number of benzene rings is 3. The maximum Gasteiger partial charge on any atom is 0.301 e. The number of phenolic OH excluding ortho intramolecular Hbond substituents is 1. The molecule has 2 aliphatic carbocycles. The average Bonchev–Trinajstić information content (AvgIpc) is 3.47. The first-order valence-electron chi connectivity index (χ1n) is 16.0. The van der Waals surface area contributed by atoms with Crippen molar-refractivity contribution in [2.75, 3.05) is 28.8 Å². The van der Waals surface area contributed by atoms with E-state index >= 15 is 8.78 Å². The lowest BCUT2D eigenvalue weighted by atomic mass is 9.56. The number of hydrogen-bond donors (Lipinski definition) is 1. The number of allylic oxidation sites excluding steroid dienone is 2. The molecule has 0 radical (unpaired) electrons. The van der Waals surface area contributed by atoms with Crippen molar-refractivity contribution in [1.82, 2.24) is 0 Å². The number of phenols is 1. The predicted octanol–water partition coefficient (Wildman–Crippen LogP) is 5.74. The summed E-state index contributed by atoms with van der Waals surface area (Å²) >= 11 is 14.1. The topological polar surface area (TPSA) is 185 Å². The molecule has 3 aromatic rings. The first-order valence-corrected chi connectivity index (χ1v) is 16.7. The number of amides is 4. The minimum atomic E-state index is -2.82. The third kappa shape index (κ3) is 4.91. The van der Waals surface area contributed by atoms with Crippen molar-refractivity contribution in [1.29, 1.82) is 0 Å². The van der Waals surface area contributed by atoms with Crippen LogP contribution in [0.15, 0.2) is 48.0 Å². The molecule has 3 aromatic carbocycles. The number of nitro benzene ring substituents is 2. The Kier molecular flexibility index (Phi) is 8.49. The summed E-state index contributed by atoms with van der Waals surface area (Å²) in [6, 6.07) is 6.39. The molecule has 4 amide bonds. The van der Waals surface area contributed by atoms with Crippen LogP contribution in [0.1, 0.15) is 24.3 Å². The number of alkyl halides is 2. The van der Waals surface area contributed by atoms with E-state index < -0.39 is 131 Å². The molecular formula is C34H22Cl2F5N5O9. The Morgan fingerprint density at radius 1 is 0.800 bits per heavy atom. The molecule has 3 fully saturated rings. The second kappa shape index (κ2) is 12.4. The molecule has 2 heterocycles. The van der Waals surface area contributed by atoms with E-state index in [-0.39, 0.29) is 28.2 Å². The summed E-state index contributed by atoms with van der Waals surface area (Å²) in [5.74, 6) is -24.1. The molecule has 7 rings (SSSR count). The van der Waals surface area contributed by atoms with Crippen LogP contribution in [-0.4, -0.2) is 62.4 Å². The van der Waals surface area contributed by atoms with Crippen LogP contribution in [0, 0.1) is 67.1 Å². The zero-order chi connectivity index (χ0) is 40.4. The van der Waals surface area contributed by atoms with Crippen molar-refractivity contribution in [3.8, 4) is 5.75 Å². The van der Waals surface area contributed by atoms with Gasteiger partial charge in [-0.15, -0.1) is 23.2 Å². The molecule has 2 aliphatic heterocycles. The summed E-state index contributed by atoms with van der Waals surface area (Å²) in [5.41, 5.74) is -4.42. The fourth-order valence-electron chi connectivity index (χ4n) is 8.32. The number of nitrogens with zero attached hydrogens (tertiary/aromatic N) is 5. The highest BCUT2D eigenvalue weighted by molar-refractivity contribution is 6.58. The van der Waals surface area contributed by atoms with E-state index in [1.54, 1.807) is 0 Å². The van der Waals surface area contributed by atoms with Gasteiger partial charge < -0.3 is 10.0 Å². The molecule has 2 saturated heterocycles. The van der Waals surface area contributed by atoms with Crippen LogP contribution in [0.2, 0.25) is 0 Å². The number of hydrogen-bond acceptors (Lipinski definition) is 10. The fourth-order valence-corrected chi connectivity index (χ4v) is 9.25. The van der Waals surface area contributed by atoms with E-state index in [2.05, 4.69) is 0 Å². The summed E-state index contributed by atoms with van der Waals surface area (Å²) in [7, 11) is 2.61. The minimum absolute atomic E-state index is 0.0341. The third-order valence-electron chi connectivity index (χ3n) is 10.6. The smallest absolute Gasteiger partial charge is 0.301 e.